The summed E-state index contributed by atoms with van der Waals surface area (Å²) in [6.45, 7) is 2.26. The molecule has 3 atom stereocenters. The van der Waals surface area contributed by atoms with Crippen molar-refractivity contribution in [1.82, 2.24) is 10.2 Å². The molecule has 2 aromatic carbocycles. The quantitative estimate of drug-likeness (QED) is 0.564. The van der Waals surface area contributed by atoms with Crippen LogP contribution < -0.4 is 5.32 Å². The zero-order valence-electron chi connectivity index (χ0n) is 20.1. The van der Waals surface area contributed by atoms with Crippen molar-refractivity contribution >= 4 is 29.7 Å². The maximum absolute atomic E-state index is 13.4. The highest BCUT2D eigenvalue weighted by Crippen LogP contribution is 2.44. The number of nitrogens with zero attached hydrogens (tertiary/aromatic N) is 1. The van der Waals surface area contributed by atoms with Crippen LogP contribution in [0.3, 0.4) is 0 Å². The minimum Gasteiger partial charge on any atom is -0.481 e. The third kappa shape index (κ3) is 5.48. The molecule has 2 aromatic rings. The lowest BCUT2D eigenvalue weighted by Crippen LogP contribution is -2.55. The smallest absolute Gasteiger partial charge is 0.407 e. The predicted molar refractivity (Wildman–Crippen MR) is 137 cm³/mol. The number of alkyl carbamates (subject to hydrolysis) is 1. The molecule has 1 heterocycles. The minimum absolute atomic E-state index is 0.0630. The number of hydrogen-bond donors (Lipinski definition) is 2. The van der Waals surface area contributed by atoms with Crippen molar-refractivity contribution in [2.75, 3.05) is 25.2 Å². The molecule has 2 aliphatic rings. The average Bonchev–Trinajstić information content (AvgIpc) is 3.18. The van der Waals surface area contributed by atoms with Crippen LogP contribution in [0.2, 0.25) is 0 Å². The molecule has 186 valence electrons. The van der Waals surface area contributed by atoms with Crippen molar-refractivity contribution in [3.8, 4) is 11.1 Å². The number of benzene rings is 2. The van der Waals surface area contributed by atoms with Crippen molar-refractivity contribution in [3.63, 3.8) is 0 Å². The molecule has 1 aliphatic heterocycles. The van der Waals surface area contributed by atoms with Crippen LogP contribution in [0.4, 0.5) is 4.79 Å². The molecule has 1 fully saturated rings. The summed E-state index contributed by atoms with van der Waals surface area (Å²) >= 11 is 1.59. The number of carbonyl (C=O) groups excluding carboxylic acids is 2. The van der Waals surface area contributed by atoms with Gasteiger partial charge in [0.1, 0.15) is 12.6 Å². The van der Waals surface area contributed by atoms with Gasteiger partial charge >= 0.3 is 12.1 Å². The number of rotatable bonds is 8. The molecule has 0 aromatic heterocycles. The van der Waals surface area contributed by atoms with Crippen LogP contribution in [-0.4, -0.2) is 65.2 Å². The van der Waals surface area contributed by atoms with Crippen LogP contribution in [0.5, 0.6) is 0 Å². The summed E-state index contributed by atoms with van der Waals surface area (Å²) in [4.78, 5) is 39.3. The highest BCUT2D eigenvalue weighted by Gasteiger charge is 2.36. The molecule has 2 N–H and O–H groups in total. The number of piperidine rings is 1. The van der Waals surface area contributed by atoms with E-state index in [9.17, 15) is 19.5 Å². The molecule has 0 radical (unpaired) electrons. The number of hydrogen-bond acceptors (Lipinski definition) is 5. The van der Waals surface area contributed by atoms with E-state index in [0.29, 0.717) is 25.0 Å². The van der Waals surface area contributed by atoms with Gasteiger partial charge in [0.2, 0.25) is 5.91 Å². The van der Waals surface area contributed by atoms with Gasteiger partial charge in [0.05, 0.1) is 5.92 Å². The van der Waals surface area contributed by atoms with Crippen LogP contribution >= 0.6 is 11.8 Å². The number of fused-ring (bicyclic) bond motifs is 3. The molecule has 1 saturated heterocycles. The van der Waals surface area contributed by atoms with Gasteiger partial charge in [-0.3, -0.25) is 9.59 Å². The fraction of sp³-hybridized carbons (Fsp3) is 0.444. The first-order valence-corrected chi connectivity index (χ1v) is 13.4. The van der Waals surface area contributed by atoms with E-state index in [4.69, 9.17) is 4.74 Å². The lowest BCUT2D eigenvalue weighted by Gasteiger charge is -2.38. The number of thioether (sulfide) groups is 1. The van der Waals surface area contributed by atoms with Crippen LogP contribution in [0.15, 0.2) is 48.5 Å². The van der Waals surface area contributed by atoms with Crippen molar-refractivity contribution < 1.29 is 24.2 Å². The number of aliphatic carboxylic acids is 1. The first-order valence-electron chi connectivity index (χ1n) is 12.0. The summed E-state index contributed by atoms with van der Waals surface area (Å²) in [5, 5.41) is 12.2. The normalized spacial score (nSPS) is 20.0. The Kier molecular flexibility index (Phi) is 8.00. The number of carboxylic acids is 1. The van der Waals surface area contributed by atoms with E-state index in [2.05, 4.69) is 29.6 Å². The Morgan fingerprint density at radius 3 is 2.31 bits per heavy atom. The number of amides is 2. The lowest BCUT2D eigenvalue weighted by atomic mass is 9.92. The number of ether oxygens (including phenoxy) is 1. The zero-order valence-corrected chi connectivity index (χ0v) is 20.9. The minimum atomic E-state index is -0.889. The molecule has 0 saturated carbocycles. The lowest BCUT2D eigenvalue weighted by molar-refractivity contribution is -0.147. The second-order valence-electron chi connectivity index (χ2n) is 9.26. The average molecular weight is 497 g/mol. The van der Waals surface area contributed by atoms with E-state index >= 15 is 0 Å². The molecule has 2 amide bonds. The van der Waals surface area contributed by atoms with E-state index < -0.39 is 24.0 Å². The van der Waals surface area contributed by atoms with E-state index in [1.165, 1.54) is 0 Å². The van der Waals surface area contributed by atoms with Crippen molar-refractivity contribution in [1.29, 1.82) is 0 Å². The monoisotopic (exact) mass is 496 g/mol. The number of carbonyl (C=O) groups is 3. The maximum atomic E-state index is 13.4. The van der Waals surface area contributed by atoms with Crippen molar-refractivity contribution in [2.24, 2.45) is 5.92 Å². The third-order valence-electron chi connectivity index (χ3n) is 7.06. The molecule has 0 bridgehead atoms. The van der Waals surface area contributed by atoms with Gasteiger partial charge in [-0.2, -0.15) is 11.8 Å². The Morgan fingerprint density at radius 2 is 1.71 bits per heavy atom. The molecule has 8 heteroatoms. The molecule has 2 unspecified atom stereocenters. The Labute approximate surface area is 210 Å². The fourth-order valence-electron chi connectivity index (χ4n) is 5.09. The SMILES string of the molecule is CSCC[C@H](NC(=O)OCC1c2ccccc2-c2ccccc21)C(=O)N1CC(C(=O)O)CCC1C. The number of likely N-dealkylation sites (tertiary alicyclic amines) is 1. The molecule has 4 rings (SSSR count). The first-order chi connectivity index (χ1) is 16.9. The summed E-state index contributed by atoms with van der Waals surface area (Å²) in [6.07, 6.45) is 2.94. The molecule has 1 aliphatic carbocycles. The Morgan fingerprint density at radius 1 is 1.09 bits per heavy atom. The van der Waals surface area contributed by atoms with Gasteiger partial charge in [-0.05, 0) is 60.4 Å². The third-order valence-corrected chi connectivity index (χ3v) is 7.70. The zero-order chi connectivity index (χ0) is 24.9. The summed E-state index contributed by atoms with van der Waals surface area (Å²) < 4.78 is 5.65. The van der Waals surface area contributed by atoms with E-state index in [-0.39, 0.29) is 31.0 Å². The van der Waals surface area contributed by atoms with Gasteiger partial charge in [-0.15, -0.1) is 0 Å². The summed E-state index contributed by atoms with van der Waals surface area (Å²) in [6, 6.07) is 15.4. The largest absolute Gasteiger partial charge is 0.481 e. The summed E-state index contributed by atoms with van der Waals surface area (Å²) in [5.41, 5.74) is 4.55. The fourth-order valence-corrected chi connectivity index (χ4v) is 5.56. The highest BCUT2D eigenvalue weighted by atomic mass is 32.2. The topological polar surface area (TPSA) is 95.9 Å². The van der Waals surface area contributed by atoms with E-state index in [0.717, 1.165) is 22.3 Å². The van der Waals surface area contributed by atoms with E-state index in [1.807, 2.05) is 37.4 Å². The van der Waals surface area contributed by atoms with Crippen LogP contribution in [0.1, 0.15) is 43.2 Å². The Balaban J connectivity index is 1.43. The van der Waals surface area contributed by atoms with Gasteiger partial charge in [-0.1, -0.05) is 48.5 Å². The Hall–Kier alpha value is -3.00. The molecule has 7 nitrogen and oxygen atoms in total. The highest BCUT2D eigenvalue weighted by molar-refractivity contribution is 7.98. The second kappa shape index (κ2) is 11.2. The molecule has 35 heavy (non-hydrogen) atoms. The maximum Gasteiger partial charge on any atom is 0.407 e. The van der Waals surface area contributed by atoms with Gasteiger partial charge < -0.3 is 20.1 Å². The summed E-state index contributed by atoms with van der Waals surface area (Å²) in [5.74, 6) is -1.09. The van der Waals surface area contributed by atoms with Crippen LogP contribution in [-0.2, 0) is 14.3 Å². The second-order valence-corrected chi connectivity index (χ2v) is 10.2. The first kappa shape index (κ1) is 25.1. The van der Waals surface area contributed by atoms with Gasteiger partial charge in [0.25, 0.3) is 0 Å². The number of nitrogens with one attached hydrogen (secondary N) is 1. The van der Waals surface area contributed by atoms with E-state index in [1.54, 1.807) is 16.7 Å². The molecular formula is C27H32N2O5S. The standard InChI is InChI=1S/C27H32N2O5S/c1-17-11-12-18(26(31)32)15-29(17)25(30)24(13-14-35-2)28-27(33)34-16-23-21-9-5-3-7-19(21)20-8-4-6-10-22(20)23/h3-10,17-18,23-24H,11-16H2,1-2H3,(H,28,33)(H,31,32)/t17?,18?,24-/m0/s1. The van der Waals surface area contributed by atoms with Gasteiger partial charge in [-0.25, -0.2) is 4.79 Å². The van der Waals surface area contributed by atoms with Gasteiger partial charge in [0, 0.05) is 18.5 Å². The molecular weight excluding hydrogens is 464 g/mol. The van der Waals surface area contributed by atoms with Gasteiger partial charge in [0.15, 0.2) is 0 Å². The van der Waals surface area contributed by atoms with Crippen LogP contribution in [0.25, 0.3) is 11.1 Å². The van der Waals surface area contributed by atoms with Crippen molar-refractivity contribution in [3.05, 3.63) is 59.7 Å². The van der Waals surface area contributed by atoms with Crippen molar-refractivity contribution in [2.45, 2.75) is 44.2 Å². The number of carboxylic acid groups (broad SMARTS) is 1. The van der Waals surface area contributed by atoms with Crippen LogP contribution in [0, 0.1) is 5.92 Å². The Bertz CT molecular complexity index is 1050. The predicted octanol–water partition coefficient (Wildman–Crippen LogP) is 4.36. The summed E-state index contributed by atoms with van der Waals surface area (Å²) in [7, 11) is 0. The molecule has 0 spiro atoms.